The van der Waals surface area contributed by atoms with Gasteiger partial charge in [-0.25, -0.2) is 4.57 Å². The van der Waals surface area contributed by atoms with Crippen molar-refractivity contribution in [3.8, 4) is 0 Å². The van der Waals surface area contributed by atoms with E-state index in [4.69, 9.17) is 9.05 Å². The summed E-state index contributed by atoms with van der Waals surface area (Å²) in [5.74, 6) is -0.175. The van der Waals surface area contributed by atoms with E-state index in [0.29, 0.717) is 17.4 Å². The van der Waals surface area contributed by atoms with Gasteiger partial charge in [0, 0.05) is 6.42 Å². The van der Waals surface area contributed by atoms with Crippen molar-refractivity contribution in [1.82, 2.24) is 5.32 Å². The van der Waals surface area contributed by atoms with Crippen molar-refractivity contribution in [1.29, 1.82) is 0 Å². The predicted molar refractivity (Wildman–Crippen MR) is 313 cm³/mol. The Bertz CT molecular complexity index is 1400. The largest absolute Gasteiger partial charge is 0.472 e. The van der Waals surface area contributed by atoms with Crippen molar-refractivity contribution >= 4 is 13.7 Å². The monoisotopic (exact) mass is 1030 g/mol. The lowest BCUT2D eigenvalue weighted by Crippen LogP contribution is -2.45. The Morgan fingerprint density at radius 2 is 0.833 bits per heavy atom. The number of hydrogen-bond acceptors (Lipinski definition) is 5. The van der Waals surface area contributed by atoms with Crippen molar-refractivity contribution in [2.75, 3.05) is 40.9 Å². The van der Waals surface area contributed by atoms with Crippen molar-refractivity contribution in [3.63, 3.8) is 0 Å². The molecule has 72 heavy (non-hydrogen) atoms. The smallest absolute Gasteiger partial charge is 0.387 e. The summed E-state index contributed by atoms with van der Waals surface area (Å²) in [7, 11) is 1.58. The SMILES string of the molecule is CC/C=C\C/C=C\C/C=C\C/C=C\C/C=C\CCCCCCCCCCCCCCCCCCCCCC(=O)NC(COP(=O)(O)OCC[N+](C)(C)C)C(O)/C=C/CCCCCCCCCCCCCCC. The zero-order chi connectivity index (χ0) is 52.7. The summed E-state index contributed by atoms with van der Waals surface area (Å²) in [6.07, 6.45) is 74.4. The lowest BCUT2D eigenvalue weighted by Gasteiger charge is -2.25. The van der Waals surface area contributed by atoms with Gasteiger partial charge in [-0.15, -0.1) is 0 Å². The number of allylic oxidation sites excluding steroid dienone is 11. The Balaban J connectivity index is 4.02. The molecule has 0 saturated carbocycles. The lowest BCUT2D eigenvalue weighted by molar-refractivity contribution is -0.870. The summed E-state index contributed by atoms with van der Waals surface area (Å²) in [4.78, 5) is 23.3. The highest BCUT2D eigenvalue weighted by Crippen LogP contribution is 2.43. The Labute approximate surface area is 446 Å². The van der Waals surface area contributed by atoms with Crippen LogP contribution in [0.2, 0.25) is 0 Å². The van der Waals surface area contributed by atoms with Crippen LogP contribution >= 0.6 is 7.82 Å². The van der Waals surface area contributed by atoms with E-state index in [1.54, 1.807) is 6.08 Å². The summed E-state index contributed by atoms with van der Waals surface area (Å²) in [5, 5.41) is 13.9. The van der Waals surface area contributed by atoms with Gasteiger partial charge in [0.15, 0.2) is 0 Å². The van der Waals surface area contributed by atoms with Crippen LogP contribution in [0.3, 0.4) is 0 Å². The highest BCUT2D eigenvalue weighted by Gasteiger charge is 2.27. The third-order valence-electron chi connectivity index (χ3n) is 13.4. The van der Waals surface area contributed by atoms with E-state index in [-0.39, 0.29) is 19.1 Å². The Morgan fingerprint density at radius 1 is 0.486 bits per heavy atom. The molecular weight excluding hydrogens is 912 g/mol. The van der Waals surface area contributed by atoms with Crippen molar-refractivity contribution in [3.05, 3.63) is 72.9 Å². The molecule has 3 N–H and O–H groups in total. The molecule has 8 nitrogen and oxygen atoms in total. The van der Waals surface area contributed by atoms with Crippen LogP contribution in [-0.2, 0) is 18.4 Å². The van der Waals surface area contributed by atoms with E-state index < -0.39 is 20.0 Å². The summed E-state index contributed by atoms with van der Waals surface area (Å²) < 4.78 is 23.7. The molecule has 0 aromatic heterocycles. The van der Waals surface area contributed by atoms with Gasteiger partial charge in [-0.1, -0.05) is 273 Å². The summed E-state index contributed by atoms with van der Waals surface area (Å²) in [6.45, 7) is 4.72. The number of carbonyl (C=O) groups excluding carboxylic acids is 1. The van der Waals surface area contributed by atoms with E-state index in [0.717, 1.165) is 70.6 Å². The van der Waals surface area contributed by atoms with Gasteiger partial charge in [0.2, 0.25) is 5.91 Å². The van der Waals surface area contributed by atoms with Crippen LogP contribution < -0.4 is 5.32 Å². The number of quaternary nitrogens is 1. The van der Waals surface area contributed by atoms with Crippen LogP contribution in [0.5, 0.6) is 0 Å². The zero-order valence-corrected chi connectivity index (χ0v) is 48.8. The standard InChI is InChI=1S/C63H117N2O6P/c1-6-8-10-12-14-16-18-20-22-23-24-25-26-27-28-29-30-31-32-33-34-35-36-37-38-39-40-41-43-45-47-49-51-53-55-57-63(67)64-61(60-71-72(68,69)70-59-58-65(3,4)5)62(66)56-54-52-50-48-46-44-42-21-19-17-15-13-11-9-7-2/h8,10,14,16,20,22,24-25,27-28,54,56,61-62,66H,6-7,9,11-13,15,17-19,21,23,26,29-53,55,57-60H2,1-5H3,(H-,64,67,68,69)/p+1/b10-8-,16-14-,22-20-,25-24-,28-27-,56-54+. The number of nitrogens with zero attached hydrogens (tertiary/aromatic N) is 1. The Kier molecular flexibility index (Phi) is 52.2. The molecular formula is C63H118N2O6P+. The maximum absolute atomic E-state index is 13.0. The second-order valence-corrected chi connectivity index (χ2v) is 23.2. The van der Waals surface area contributed by atoms with E-state index >= 15 is 0 Å². The van der Waals surface area contributed by atoms with Gasteiger partial charge < -0.3 is 19.8 Å². The van der Waals surface area contributed by atoms with Crippen LogP contribution in [-0.4, -0.2) is 73.4 Å². The molecule has 0 heterocycles. The highest BCUT2D eigenvalue weighted by molar-refractivity contribution is 7.47. The van der Waals surface area contributed by atoms with Gasteiger partial charge in [0.1, 0.15) is 13.2 Å². The molecule has 0 radical (unpaired) electrons. The fourth-order valence-electron chi connectivity index (χ4n) is 8.72. The number of unbranched alkanes of at least 4 members (excludes halogenated alkanes) is 32. The second-order valence-electron chi connectivity index (χ2n) is 21.7. The Hall–Kier alpha value is -2.06. The van der Waals surface area contributed by atoms with E-state index in [9.17, 15) is 19.4 Å². The summed E-state index contributed by atoms with van der Waals surface area (Å²) >= 11 is 0. The summed E-state index contributed by atoms with van der Waals surface area (Å²) in [5.41, 5.74) is 0. The fraction of sp³-hybridized carbons (Fsp3) is 0.794. The van der Waals surface area contributed by atoms with Gasteiger partial charge in [0.05, 0.1) is 39.9 Å². The quantitative estimate of drug-likeness (QED) is 0.0243. The fourth-order valence-corrected chi connectivity index (χ4v) is 9.45. The number of hydrogen-bond donors (Lipinski definition) is 3. The van der Waals surface area contributed by atoms with Gasteiger partial charge in [-0.3, -0.25) is 13.8 Å². The number of likely N-dealkylation sites (N-methyl/N-ethyl adjacent to an activating group) is 1. The minimum atomic E-state index is -4.35. The van der Waals surface area contributed by atoms with E-state index in [2.05, 4.69) is 79.9 Å². The molecule has 0 aliphatic carbocycles. The highest BCUT2D eigenvalue weighted by atomic mass is 31.2. The molecule has 0 fully saturated rings. The van der Waals surface area contributed by atoms with Crippen molar-refractivity contribution in [2.24, 2.45) is 0 Å². The van der Waals surface area contributed by atoms with Gasteiger partial charge in [0.25, 0.3) is 0 Å². The Morgan fingerprint density at radius 3 is 1.22 bits per heavy atom. The average Bonchev–Trinajstić information content (AvgIpc) is 3.34. The molecule has 0 spiro atoms. The third kappa shape index (κ3) is 55.7. The van der Waals surface area contributed by atoms with Gasteiger partial charge in [-0.05, 0) is 64.2 Å². The van der Waals surface area contributed by atoms with Crippen molar-refractivity contribution in [2.45, 2.75) is 283 Å². The van der Waals surface area contributed by atoms with Crippen LogP contribution in [0, 0.1) is 0 Å². The van der Waals surface area contributed by atoms with E-state index in [1.807, 2.05) is 27.2 Å². The maximum Gasteiger partial charge on any atom is 0.472 e. The van der Waals surface area contributed by atoms with Crippen LogP contribution in [0.4, 0.5) is 0 Å². The molecule has 3 unspecified atom stereocenters. The molecule has 0 aliphatic rings. The molecule has 0 rings (SSSR count). The number of phosphoric acid groups is 1. The summed E-state index contributed by atoms with van der Waals surface area (Å²) in [6, 6.07) is -0.847. The minimum absolute atomic E-state index is 0.0612. The first kappa shape index (κ1) is 69.9. The van der Waals surface area contributed by atoms with E-state index in [1.165, 1.54) is 180 Å². The number of aliphatic hydroxyl groups is 1. The number of amides is 1. The molecule has 0 aliphatic heterocycles. The molecule has 3 atom stereocenters. The molecule has 9 heteroatoms. The predicted octanol–water partition coefficient (Wildman–Crippen LogP) is 18.7. The normalized spacial score (nSPS) is 14.4. The first-order valence-electron chi connectivity index (χ1n) is 30.3. The molecule has 0 aromatic rings. The topological polar surface area (TPSA) is 105 Å². The number of nitrogens with one attached hydrogen (secondary N) is 1. The van der Waals surface area contributed by atoms with Crippen LogP contribution in [0.1, 0.15) is 271 Å². The lowest BCUT2D eigenvalue weighted by atomic mass is 10.0. The van der Waals surface area contributed by atoms with Gasteiger partial charge in [-0.2, -0.15) is 0 Å². The number of phosphoric ester groups is 1. The maximum atomic E-state index is 13.0. The molecule has 420 valence electrons. The second kappa shape index (κ2) is 53.8. The van der Waals surface area contributed by atoms with Crippen LogP contribution in [0.15, 0.2) is 72.9 Å². The number of carbonyl (C=O) groups is 1. The van der Waals surface area contributed by atoms with Gasteiger partial charge >= 0.3 is 7.82 Å². The molecule has 0 bridgehead atoms. The molecule has 0 saturated heterocycles. The first-order valence-corrected chi connectivity index (χ1v) is 31.8. The average molecular weight is 1030 g/mol. The zero-order valence-electron chi connectivity index (χ0n) is 47.9. The first-order chi connectivity index (χ1) is 35.0. The minimum Gasteiger partial charge on any atom is -0.387 e. The number of aliphatic hydroxyl groups excluding tert-OH is 1. The van der Waals surface area contributed by atoms with Crippen LogP contribution in [0.25, 0.3) is 0 Å². The molecule has 0 aromatic carbocycles. The third-order valence-corrected chi connectivity index (χ3v) is 14.4. The number of rotatable bonds is 55. The molecule has 1 amide bonds. The van der Waals surface area contributed by atoms with Crippen molar-refractivity contribution < 1.29 is 32.9 Å².